The van der Waals surface area contributed by atoms with E-state index in [0.717, 1.165) is 29.0 Å². The lowest BCUT2D eigenvalue weighted by Gasteiger charge is -2.15. The van der Waals surface area contributed by atoms with Crippen LogP contribution in [0, 0.1) is 6.92 Å². The quantitative estimate of drug-likeness (QED) is 0.823. The number of rotatable bonds is 6. The molecule has 0 bridgehead atoms. The molecule has 1 N–H and O–H groups in total. The lowest BCUT2D eigenvalue weighted by molar-refractivity contribution is 0.178. The standard InChI is InChI=1S/C13H21NO3/c1-9(15)5-6-12-11(8-16-3)7-14-10(2)13(12)17-4/h7,9,15H,5-6,8H2,1-4H3/t9-/m1/s1. The fourth-order valence-corrected chi connectivity index (χ4v) is 1.85. The first-order chi connectivity index (χ1) is 8.10. The summed E-state index contributed by atoms with van der Waals surface area (Å²) >= 11 is 0. The summed E-state index contributed by atoms with van der Waals surface area (Å²) in [7, 11) is 3.30. The molecule has 4 nitrogen and oxygen atoms in total. The number of pyridine rings is 1. The first-order valence-corrected chi connectivity index (χ1v) is 5.78. The maximum atomic E-state index is 9.38. The zero-order valence-electron chi connectivity index (χ0n) is 11.0. The van der Waals surface area contributed by atoms with E-state index in [1.807, 2.05) is 13.1 Å². The van der Waals surface area contributed by atoms with Gasteiger partial charge in [-0.15, -0.1) is 0 Å². The summed E-state index contributed by atoms with van der Waals surface area (Å²) in [6.45, 7) is 4.22. The van der Waals surface area contributed by atoms with Crippen molar-refractivity contribution in [1.82, 2.24) is 4.98 Å². The Labute approximate surface area is 103 Å². The van der Waals surface area contributed by atoms with Gasteiger partial charge in [0.1, 0.15) is 5.75 Å². The Balaban J connectivity index is 3.05. The van der Waals surface area contributed by atoms with Gasteiger partial charge in [0.2, 0.25) is 0 Å². The molecule has 0 aliphatic carbocycles. The van der Waals surface area contributed by atoms with Crippen LogP contribution in [0.2, 0.25) is 0 Å². The summed E-state index contributed by atoms with van der Waals surface area (Å²) in [4.78, 5) is 4.29. The molecule has 1 aromatic heterocycles. The predicted molar refractivity (Wildman–Crippen MR) is 66.2 cm³/mol. The average molecular weight is 239 g/mol. The first-order valence-electron chi connectivity index (χ1n) is 5.78. The molecule has 0 aromatic carbocycles. The van der Waals surface area contributed by atoms with Crippen LogP contribution in [0.25, 0.3) is 0 Å². The Morgan fingerprint density at radius 1 is 1.41 bits per heavy atom. The predicted octanol–water partition coefficient (Wildman–Crippen LogP) is 1.86. The van der Waals surface area contributed by atoms with Crippen molar-refractivity contribution in [1.29, 1.82) is 0 Å². The van der Waals surface area contributed by atoms with Crippen LogP contribution < -0.4 is 4.74 Å². The molecule has 1 atom stereocenters. The third-order valence-corrected chi connectivity index (χ3v) is 2.72. The van der Waals surface area contributed by atoms with Gasteiger partial charge in [0.15, 0.2) is 0 Å². The maximum absolute atomic E-state index is 9.38. The molecule has 0 aliphatic heterocycles. The van der Waals surface area contributed by atoms with Crippen molar-refractivity contribution in [2.75, 3.05) is 14.2 Å². The fraction of sp³-hybridized carbons (Fsp3) is 0.615. The van der Waals surface area contributed by atoms with Gasteiger partial charge in [-0.2, -0.15) is 0 Å². The molecular formula is C13H21NO3. The van der Waals surface area contributed by atoms with E-state index in [-0.39, 0.29) is 6.10 Å². The number of nitrogens with zero attached hydrogens (tertiary/aromatic N) is 1. The number of methoxy groups -OCH3 is 2. The topological polar surface area (TPSA) is 51.6 Å². The van der Waals surface area contributed by atoms with E-state index in [1.54, 1.807) is 21.1 Å². The Morgan fingerprint density at radius 2 is 2.12 bits per heavy atom. The van der Waals surface area contributed by atoms with Crippen LogP contribution in [0.3, 0.4) is 0 Å². The van der Waals surface area contributed by atoms with Gasteiger partial charge >= 0.3 is 0 Å². The van der Waals surface area contributed by atoms with E-state index < -0.39 is 0 Å². The number of aliphatic hydroxyl groups is 1. The van der Waals surface area contributed by atoms with Gasteiger partial charge in [-0.05, 0) is 26.7 Å². The monoisotopic (exact) mass is 239 g/mol. The molecule has 0 aliphatic rings. The lowest BCUT2D eigenvalue weighted by atomic mass is 10.0. The number of hydrogen-bond acceptors (Lipinski definition) is 4. The minimum atomic E-state index is -0.316. The van der Waals surface area contributed by atoms with Crippen LogP contribution in [0.4, 0.5) is 0 Å². The largest absolute Gasteiger partial charge is 0.495 e. The third-order valence-electron chi connectivity index (χ3n) is 2.72. The highest BCUT2D eigenvalue weighted by atomic mass is 16.5. The van der Waals surface area contributed by atoms with Gasteiger partial charge in [0.25, 0.3) is 0 Å². The van der Waals surface area contributed by atoms with Crippen molar-refractivity contribution >= 4 is 0 Å². The average Bonchev–Trinajstić information content (AvgIpc) is 2.29. The molecule has 0 amide bonds. The summed E-state index contributed by atoms with van der Waals surface area (Å²) in [5.41, 5.74) is 2.98. The van der Waals surface area contributed by atoms with Crippen LogP contribution in [0.15, 0.2) is 6.20 Å². The van der Waals surface area contributed by atoms with E-state index in [1.165, 1.54) is 0 Å². The molecule has 4 heteroatoms. The number of aliphatic hydroxyl groups excluding tert-OH is 1. The smallest absolute Gasteiger partial charge is 0.143 e. The van der Waals surface area contributed by atoms with Gasteiger partial charge in [0, 0.05) is 24.4 Å². The van der Waals surface area contributed by atoms with Crippen molar-refractivity contribution in [2.24, 2.45) is 0 Å². The Bertz CT molecular complexity index is 364. The van der Waals surface area contributed by atoms with Gasteiger partial charge in [0.05, 0.1) is 25.5 Å². The summed E-state index contributed by atoms with van der Waals surface area (Å²) in [6.07, 6.45) is 2.97. The molecule has 0 saturated heterocycles. The van der Waals surface area contributed by atoms with E-state index in [2.05, 4.69) is 4.98 Å². The molecule has 96 valence electrons. The van der Waals surface area contributed by atoms with Gasteiger partial charge in [-0.3, -0.25) is 4.98 Å². The van der Waals surface area contributed by atoms with Crippen molar-refractivity contribution in [3.63, 3.8) is 0 Å². The second-order valence-corrected chi connectivity index (χ2v) is 4.20. The molecule has 0 fully saturated rings. The van der Waals surface area contributed by atoms with Crippen LogP contribution in [0.1, 0.15) is 30.2 Å². The lowest BCUT2D eigenvalue weighted by Crippen LogP contribution is -2.07. The summed E-state index contributed by atoms with van der Waals surface area (Å²) in [5.74, 6) is 0.806. The van der Waals surface area contributed by atoms with Gasteiger partial charge < -0.3 is 14.6 Å². The normalized spacial score (nSPS) is 12.5. The van der Waals surface area contributed by atoms with Gasteiger partial charge in [-0.1, -0.05) is 0 Å². The minimum absolute atomic E-state index is 0.316. The Kier molecular flexibility index (Phi) is 5.38. The van der Waals surface area contributed by atoms with Crippen molar-refractivity contribution in [3.05, 3.63) is 23.0 Å². The van der Waals surface area contributed by atoms with Crippen molar-refractivity contribution in [3.8, 4) is 5.75 Å². The zero-order valence-corrected chi connectivity index (χ0v) is 11.0. The summed E-state index contributed by atoms with van der Waals surface area (Å²) in [6, 6.07) is 0. The van der Waals surface area contributed by atoms with E-state index in [9.17, 15) is 5.11 Å². The SMILES string of the molecule is COCc1cnc(C)c(OC)c1CC[C@@H](C)O. The van der Waals surface area contributed by atoms with Crippen molar-refractivity contribution in [2.45, 2.75) is 39.4 Å². The number of ether oxygens (including phenoxy) is 2. The van der Waals surface area contributed by atoms with Crippen molar-refractivity contribution < 1.29 is 14.6 Å². The highest BCUT2D eigenvalue weighted by Crippen LogP contribution is 2.27. The van der Waals surface area contributed by atoms with E-state index in [4.69, 9.17) is 9.47 Å². The summed E-state index contributed by atoms with van der Waals surface area (Å²) in [5, 5.41) is 9.38. The highest BCUT2D eigenvalue weighted by molar-refractivity contribution is 5.41. The van der Waals surface area contributed by atoms with E-state index in [0.29, 0.717) is 13.0 Å². The minimum Gasteiger partial charge on any atom is -0.495 e. The molecular weight excluding hydrogens is 218 g/mol. The maximum Gasteiger partial charge on any atom is 0.143 e. The molecule has 1 heterocycles. The second kappa shape index (κ2) is 6.57. The molecule has 17 heavy (non-hydrogen) atoms. The number of aryl methyl sites for hydroxylation is 1. The molecule has 1 aromatic rings. The molecule has 0 unspecified atom stereocenters. The van der Waals surface area contributed by atoms with Gasteiger partial charge in [-0.25, -0.2) is 0 Å². The van der Waals surface area contributed by atoms with Crippen LogP contribution in [-0.2, 0) is 17.8 Å². The molecule has 1 rings (SSSR count). The van der Waals surface area contributed by atoms with Crippen LogP contribution in [-0.4, -0.2) is 30.4 Å². The number of aromatic nitrogens is 1. The highest BCUT2D eigenvalue weighted by Gasteiger charge is 2.13. The van der Waals surface area contributed by atoms with Crippen LogP contribution >= 0.6 is 0 Å². The number of hydrogen-bond donors (Lipinski definition) is 1. The second-order valence-electron chi connectivity index (χ2n) is 4.20. The molecule has 0 radical (unpaired) electrons. The molecule has 0 saturated carbocycles. The first kappa shape index (κ1) is 13.9. The Hall–Kier alpha value is -1.13. The van der Waals surface area contributed by atoms with E-state index >= 15 is 0 Å². The fourth-order valence-electron chi connectivity index (χ4n) is 1.85. The summed E-state index contributed by atoms with van der Waals surface area (Å²) < 4.78 is 10.6. The third kappa shape index (κ3) is 3.68. The zero-order chi connectivity index (χ0) is 12.8. The molecule has 0 spiro atoms. The Morgan fingerprint density at radius 3 is 2.65 bits per heavy atom. The van der Waals surface area contributed by atoms with Crippen LogP contribution in [0.5, 0.6) is 5.75 Å².